The molecule has 0 aliphatic carbocycles. The van der Waals surface area contributed by atoms with E-state index in [2.05, 4.69) is 42.0 Å². The number of aromatic nitrogens is 6. The Morgan fingerprint density at radius 2 is 2.18 bits per heavy atom. The molecule has 0 aliphatic rings. The lowest BCUT2D eigenvalue weighted by atomic mass is 10.1. The topological polar surface area (TPSA) is 116 Å². The van der Waals surface area contributed by atoms with Crippen LogP contribution in [0.5, 0.6) is 0 Å². The van der Waals surface area contributed by atoms with Crippen molar-refractivity contribution in [3.05, 3.63) is 36.0 Å². The molecule has 22 heavy (non-hydrogen) atoms. The van der Waals surface area contributed by atoms with Gasteiger partial charge in [0, 0.05) is 5.56 Å². The molecule has 0 bridgehead atoms. The van der Waals surface area contributed by atoms with Gasteiger partial charge in [-0.15, -0.1) is 10.2 Å². The second kappa shape index (κ2) is 6.19. The summed E-state index contributed by atoms with van der Waals surface area (Å²) in [5.41, 5.74) is 1.84. The Bertz CT molecular complexity index is 824. The second-order valence-corrected chi connectivity index (χ2v) is 4.91. The predicted octanol–water partition coefficient (Wildman–Crippen LogP) is 1.99. The SMILES string of the molecule is CSc1ncc(C#N)c(Nc2ccccc2-c2nn[nH]n2)n1. The van der Waals surface area contributed by atoms with Crippen LogP contribution in [0.15, 0.2) is 35.6 Å². The zero-order valence-electron chi connectivity index (χ0n) is 11.5. The van der Waals surface area contributed by atoms with Crippen LogP contribution in [0.1, 0.15) is 5.56 Å². The number of para-hydroxylation sites is 1. The van der Waals surface area contributed by atoms with Crippen molar-refractivity contribution in [3.63, 3.8) is 0 Å². The van der Waals surface area contributed by atoms with Crippen LogP contribution >= 0.6 is 11.8 Å². The van der Waals surface area contributed by atoms with Crippen molar-refractivity contribution in [2.75, 3.05) is 11.6 Å². The number of tetrazole rings is 1. The lowest BCUT2D eigenvalue weighted by molar-refractivity contribution is 0.881. The van der Waals surface area contributed by atoms with Crippen molar-refractivity contribution in [1.82, 2.24) is 30.6 Å². The highest BCUT2D eigenvalue weighted by molar-refractivity contribution is 7.98. The van der Waals surface area contributed by atoms with E-state index >= 15 is 0 Å². The second-order valence-electron chi connectivity index (χ2n) is 4.14. The number of aromatic amines is 1. The molecule has 3 rings (SSSR count). The molecule has 0 amide bonds. The smallest absolute Gasteiger partial charge is 0.206 e. The number of nitrogens with zero attached hydrogens (tertiary/aromatic N) is 6. The predicted molar refractivity (Wildman–Crippen MR) is 81.4 cm³/mol. The minimum atomic E-state index is 0.362. The van der Waals surface area contributed by atoms with Crippen molar-refractivity contribution in [2.24, 2.45) is 0 Å². The first-order valence-electron chi connectivity index (χ1n) is 6.23. The van der Waals surface area contributed by atoms with Crippen molar-refractivity contribution < 1.29 is 0 Å². The van der Waals surface area contributed by atoms with Gasteiger partial charge in [-0.2, -0.15) is 10.5 Å². The van der Waals surface area contributed by atoms with Crippen LogP contribution in [0.3, 0.4) is 0 Å². The van der Waals surface area contributed by atoms with E-state index in [1.807, 2.05) is 30.5 Å². The molecule has 9 heteroatoms. The number of benzene rings is 1. The van der Waals surface area contributed by atoms with Crippen LogP contribution in [0.2, 0.25) is 0 Å². The Labute approximate surface area is 130 Å². The van der Waals surface area contributed by atoms with E-state index in [4.69, 9.17) is 0 Å². The maximum atomic E-state index is 9.20. The summed E-state index contributed by atoms with van der Waals surface area (Å²) < 4.78 is 0. The minimum absolute atomic E-state index is 0.362. The van der Waals surface area contributed by atoms with Gasteiger partial charge in [-0.25, -0.2) is 9.97 Å². The highest BCUT2D eigenvalue weighted by atomic mass is 32.2. The van der Waals surface area contributed by atoms with Crippen molar-refractivity contribution in [2.45, 2.75) is 5.16 Å². The highest BCUT2D eigenvalue weighted by Gasteiger charge is 2.12. The van der Waals surface area contributed by atoms with Gasteiger partial charge in [-0.3, -0.25) is 0 Å². The number of anilines is 2. The van der Waals surface area contributed by atoms with E-state index < -0.39 is 0 Å². The van der Waals surface area contributed by atoms with Gasteiger partial charge in [0.2, 0.25) is 5.82 Å². The summed E-state index contributed by atoms with van der Waals surface area (Å²) in [6.45, 7) is 0. The van der Waals surface area contributed by atoms with E-state index in [-0.39, 0.29) is 0 Å². The van der Waals surface area contributed by atoms with Crippen LogP contribution in [0, 0.1) is 11.3 Å². The normalized spacial score (nSPS) is 10.2. The third-order valence-corrected chi connectivity index (χ3v) is 3.40. The molecular weight excluding hydrogens is 300 g/mol. The summed E-state index contributed by atoms with van der Waals surface area (Å²) in [6.07, 6.45) is 3.37. The Kier molecular flexibility index (Phi) is 3.93. The third-order valence-electron chi connectivity index (χ3n) is 2.84. The molecular formula is C13H10N8S. The number of nitrogens with one attached hydrogen (secondary N) is 2. The van der Waals surface area contributed by atoms with Gasteiger partial charge in [0.1, 0.15) is 11.6 Å². The minimum Gasteiger partial charge on any atom is -0.338 e. The number of rotatable bonds is 4. The molecule has 0 saturated carbocycles. The quantitative estimate of drug-likeness (QED) is 0.555. The van der Waals surface area contributed by atoms with Crippen LogP contribution < -0.4 is 5.32 Å². The van der Waals surface area contributed by atoms with Gasteiger partial charge in [0.25, 0.3) is 0 Å². The maximum Gasteiger partial charge on any atom is 0.206 e. The first-order chi connectivity index (χ1) is 10.8. The Balaban J connectivity index is 2.03. The average Bonchev–Trinajstić information content (AvgIpc) is 3.09. The third kappa shape index (κ3) is 2.72. The van der Waals surface area contributed by atoms with Crippen LogP contribution in [0.25, 0.3) is 11.4 Å². The first kappa shape index (κ1) is 14.0. The Morgan fingerprint density at radius 1 is 1.32 bits per heavy atom. The highest BCUT2D eigenvalue weighted by Crippen LogP contribution is 2.28. The molecule has 0 spiro atoms. The lowest BCUT2D eigenvalue weighted by Crippen LogP contribution is -2.01. The van der Waals surface area contributed by atoms with E-state index in [1.165, 1.54) is 18.0 Å². The zero-order valence-corrected chi connectivity index (χ0v) is 12.3. The Hall–Kier alpha value is -2.99. The van der Waals surface area contributed by atoms with E-state index in [9.17, 15) is 5.26 Å². The van der Waals surface area contributed by atoms with E-state index in [1.54, 1.807) is 0 Å². The largest absolute Gasteiger partial charge is 0.338 e. The average molecular weight is 310 g/mol. The van der Waals surface area contributed by atoms with Gasteiger partial charge in [-0.1, -0.05) is 23.9 Å². The molecule has 2 aromatic heterocycles. The van der Waals surface area contributed by atoms with Crippen LogP contribution in [0.4, 0.5) is 11.5 Å². The first-order valence-corrected chi connectivity index (χ1v) is 7.45. The molecule has 1 aromatic carbocycles. The summed E-state index contributed by atoms with van der Waals surface area (Å²) in [5, 5.41) is 26.9. The fraction of sp³-hybridized carbons (Fsp3) is 0.0769. The summed E-state index contributed by atoms with van der Waals surface area (Å²) in [6, 6.07) is 9.53. The van der Waals surface area contributed by atoms with Gasteiger partial charge in [-0.05, 0) is 23.6 Å². The molecule has 0 saturated heterocycles. The Morgan fingerprint density at radius 3 is 2.91 bits per heavy atom. The lowest BCUT2D eigenvalue weighted by Gasteiger charge is -2.10. The van der Waals surface area contributed by atoms with Crippen LogP contribution in [-0.4, -0.2) is 36.8 Å². The van der Waals surface area contributed by atoms with Crippen molar-refractivity contribution >= 4 is 23.3 Å². The van der Waals surface area contributed by atoms with Crippen LogP contribution in [-0.2, 0) is 0 Å². The summed E-state index contributed by atoms with van der Waals surface area (Å²) in [7, 11) is 0. The summed E-state index contributed by atoms with van der Waals surface area (Å²) in [4.78, 5) is 8.43. The van der Waals surface area contributed by atoms with Gasteiger partial charge in [0.05, 0.1) is 11.9 Å². The summed E-state index contributed by atoms with van der Waals surface area (Å²) >= 11 is 1.40. The monoisotopic (exact) mass is 310 g/mol. The molecule has 2 N–H and O–H groups in total. The van der Waals surface area contributed by atoms with E-state index in [0.29, 0.717) is 22.4 Å². The zero-order chi connectivity index (χ0) is 15.4. The number of nitriles is 1. The molecule has 2 heterocycles. The number of thioether (sulfide) groups is 1. The number of H-pyrrole nitrogens is 1. The number of hydrogen-bond acceptors (Lipinski definition) is 8. The van der Waals surface area contributed by atoms with Crippen molar-refractivity contribution in [3.8, 4) is 17.5 Å². The fourth-order valence-corrected chi connectivity index (χ4v) is 2.17. The molecule has 108 valence electrons. The van der Waals surface area contributed by atoms with E-state index in [0.717, 1.165) is 11.3 Å². The molecule has 0 atom stereocenters. The van der Waals surface area contributed by atoms with Gasteiger partial charge >= 0.3 is 0 Å². The van der Waals surface area contributed by atoms with Gasteiger partial charge < -0.3 is 5.32 Å². The van der Waals surface area contributed by atoms with Crippen molar-refractivity contribution in [1.29, 1.82) is 5.26 Å². The standard InChI is InChI=1S/C13H10N8S/c1-22-13-15-7-8(6-14)11(17-13)16-10-5-3-2-4-9(10)12-18-20-21-19-12/h2-5,7H,1H3,(H,15,16,17)(H,18,19,20,21). The molecule has 0 unspecified atom stereocenters. The fourth-order valence-electron chi connectivity index (χ4n) is 1.83. The summed E-state index contributed by atoms with van der Waals surface area (Å²) in [5.74, 6) is 0.901. The molecule has 0 fully saturated rings. The molecule has 3 aromatic rings. The maximum absolute atomic E-state index is 9.20. The molecule has 0 radical (unpaired) electrons. The molecule has 8 nitrogen and oxygen atoms in total. The molecule has 0 aliphatic heterocycles. The number of hydrogen-bond donors (Lipinski definition) is 2. The van der Waals surface area contributed by atoms with Gasteiger partial charge in [0.15, 0.2) is 11.0 Å².